The Labute approximate surface area is 273 Å². The van der Waals surface area contributed by atoms with Crippen LogP contribution in [0.5, 0.6) is 5.75 Å². The molecular formula is C34H36F4N4O4S. The Morgan fingerprint density at radius 2 is 1.87 bits per heavy atom. The Morgan fingerprint density at radius 1 is 1.15 bits per heavy atom. The summed E-state index contributed by atoms with van der Waals surface area (Å²) < 4.78 is 59.8. The first-order valence-corrected chi connectivity index (χ1v) is 17.1. The van der Waals surface area contributed by atoms with Crippen molar-refractivity contribution in [2.45, 2.75) is 88.9 Å². The molecule has 1 N–H and O–H groups in total. The van der Waals surface area contributed by atoms with E-state index in [-0.39, 0.29) is 34.3 Å². The van der Waals surface area contributed by atoms with Gasteiger partial charge in [-0.1, -0.05) is 28.6 Å². The second-order valence-corrected chi connectivity index (χ2v) is 15.3. The van der Waals surface area contributed by atoms with Gasteiger partial charge >= 0.3 is 12.3 Å². The molecule has 0 radical (unpaired) electrons. The van der Waals surface area contributed by atoms with Gasteiger partial charge in [0.25, 0.3) is 0 Å². The zero-order chi connectivity index (χ0) is 32.8. The van der Waals surface area contributed by atoms with Gasteiger partial charge in [-0.15, -0.1) is 13.2 Å². The second kappa shape index (κ2) is 11.0. The van der Waals surface area contributed by atoms with Gasteiger partial charge in [0.05, 0.1) is 21.9 Å². The van der Waals surface area contributed by atoms with Crippen molar-refractivity contribution in [2.24, 2.45) is 22.4 Å². The van der Waals surface area contributed by atoms with E-state index in [0.29, 0.717) is 52.1 Å². The lowest BCUT2D eigenvalue weighted by molar-refractivity contribution is -0.274. The highest BCUT2D eigenvalue weighted by atomic mass is 32.1. The number of fused-ring (bicyclic) bond motifs is 3. The molecule has 2 saturated carbocycles. The van der Waals surface area contributed by atoms with Gasteiger partial charge in [-0.2, -0.15) is 0 Å². The van der Waals surface area contributed by atoms with Gasteiger partial charge in [0.2, 0.25) is 0 Å². The van der Waals surface area contributed by atoms with Crippen LogP contribution in [0.15, 0.2) is 35.5 Å². The van der Waals surface area contributed by atoms with Crippen LogP contribution in [0.1, 0.15) is 72.9 Å². The van der Waals surface area contributed by atoms with Gasteiger partial charge in [0, 0.05) is 30.2 Å². The number of aromatic nitrogens is 1. The zero-order valence-electron chi connectivity index (χ0n) is 26.1. The van der Waals surface area contributed by atoms with Crippen molar-refractivity contribution < 1.29 is 37.0 Å². The van der Waals surface area contributed by atoms with Crippen molar-refractivity contribution in [3.8, 4) is 5.75 Å². The minimum Gasteiger partial charge on any atom is -0.478 e. The number of hydrogen-bond donors (Lipinski definition) is 1. The third-order valence-electron chi connectivity index (χ3n) is 11.1. The van der Waals surface area contributed by atoms with Crippen molar-refractivity contribution in [2.75, 3.05) is 18.5 Å². The number of carbonyl (C=O) groups is 1. The number of carboxylic acid groups (broad SMARTS) is 1. The SMILES string of the molecule is Cc1cccc(OC(F)(F)F)c1C1=NOC(C2CC2)C1CN(C)C1CC2(C1)CC1CCC(C2)N1c1nc2c(F)cc(C(=O)O)cc2s1. The predicted octanol–water partition coefficient (Wildman–Crippen LogP) is 7.38. The highest BCUT2D eigenvalue weighted by molar-refractivity contribution is 7.22. The Balaban J connectivity index is 0.965. The monoisotopic (exact) mass is 672 g/mol. The number of oxime groups is 1. The topological polar surface area (TPSA) is 87.5 Å². The number of ether oxygens (including phenoxy) is 1. The van der Waals surface area contributed by atoms with Gasteiger partial charge in [0.1, 0.15) is 17.4 Å². The van der Waals surface area contributed by atoms with Gasteiger partial charge in [-0.25, -0.2) is 14.2 Å². The summed E-state index contributed by atoms with van der Waals surface area (Å²) in [7, 11) is 2.10. The first-order valence-electron chi connectivity index (χ1n) is 16.3. The van der Waals surface area contributed by atoms with E-state index in [1.807, 2.05) is 0 Å². The number of halogens is 4. The van der Waals surface area contributed by atoms with Crippen LogP contribution in [-0.4, -0.2) is 70.9 Å². The molecule has 4 unspecified atom stereocenters. The standard InChI is InChI=1S/C34H36F4N4O4S/c1-17-4-3-5-25(45-34(36,37)38)27(17)28-23(30(46-40-28)18-6-7-18)16-41(2)22-14-33(15-22)12-20-8-9-21(13-33)42(20)32-39-29-24(35)10-19(31(43)44)11-26(29)47-32/h3-5,10-11,18,20-23,30H,6-9,12-16H2,1-2H3,(H,43,44). The third-order valence-corrected chi connectivity index (χ3v) is 12.1. The molecule has 8 rings (SSSR count). The van der Waals surface area contributed by atoms with Crippen molar-refractivity contribution in [1.29, 1.82) is 0 Å². The van der Waals surface area contributed by atoms with E-state index < -0.39 is 18.1 Å². The number of thiazole rings is 1. The maximum Gasteiger partial charge on any atom is 0.573 e. The van der Waals surface area contributed by atoms with E-state index in [9.17, 15) is 27.5 Å². The molecule has 47 heavy (non-hydrogen) atoms. The summed E-state index contributed by atoms with van der Waals surface area (Å²) in [6.45, 7) is 2.41. The van der Waals surface area contributed by atoms with E-state index >= 15 is 0 Å². The molecule has 0 amide bonds. The smallest absolute Gasteiger partial charge is 0.478 e. The number of rotatable bonds is 8. The number of anilines is 1. The van der Waals surface area contributed by atoms with Crippen LogP contribution in [-0.2, 0) is 4.84 Å². The maximum absolute atomic E-state index is 14.7. The summed E-state index contributed by atoms with van der Waals surface area (Å²) in [6.07, 6.45) is 3.32. The zero-order valence-corrected chi connectivity index (χ0v) is 26.9. The first-order chi connectivity index (χ1) is 22.4. The molecule has 2 aliphatic carbocycles. The van der Waals surface area contributed by atoms with Crippen LogP contribution >= 0.6 is 11.3 Å². The summed E-state index contributed by atoms with van der Waals surface area (Å²) in [5.41, 5.74) is 1.94. The molecule has 3 aromatic rings. The molecule has 4 heterocycles. The van der Waals surface area contributed by atoms with E-state index in [1.165, 1.54) is 23.5 Å². The van der Waals surface area contributed by atoms with Gasteiger partial charge in [-0.05, 0) is 100 Å². The number of hydrogen-bond acceptors (Lipinski definition) is 8. The largest absolute Gasteiger partial charge is 0.573 e. The normalized spacial score (nSPS) is 30.1. The number of aromatic carboxylic acids is 1. The maximum atomic E-state index is 14.7. The molecule has 4 fully saturated rings. The molecule has 1 spiro atoms. The summed E-state index contributed by atoms with van der Waals surface area (Å²) in [5, 5.41) is 14.5. The lowest BCUT2D eigenvalue weighted by atomic mass is 9.58. The Kier molecular flexibility index (Phi) is 7.25. The summed E-state index contributed by atoms with van der Waals surface area (Å²) in [6, 6.07) is 8.18. The van der Waals surface area contributed by atoms with Gasteiger partial charge in [-0.3, -0.25) is 0 Å². The highest BCUT2D eigenvalue weighted by Gasteiger charge is 2.56. The van der Waals surface area contributed by atoms with Crippen molar-refractivity contribution in [3.63, 3.8) is 0 Å². The third kappa shape index (κ3) is 5.52. The van der Waals surface area contributed by atoms with Crippen LogP contribution in [0.3, 0.4) is 0 Å². The fraction of sp³-hybridized carbons (Fsp3) is 0.559. The minimum atomic E-state index is -4.81. The van der Waals surface area contributed by atoms with E-state index in [0.717, 1.165) is 62.6 Å². The molecule has 2 aromatic carbocycles. The van der Waals surface area contributed by atoms with Crippen molar-refractivity contribution >= 4 is 38.4 Å². The molecule has 1 aromatic heterocycles. The average molecular weight is 673 g/mol. The van der Waals surface area contributed by atoms with Crippen LogP contribution in [0.25, 0.3) is 10.2 Å². The lowest BCUT2D eigenvalue weighted by Gasteiger charge is -2.57. The fourth-order valence-corrected chi connectivity index (χ4v) is 10.0. The molecule has 8 nitrogen and oxygen atoms in total. The molecular weight excluding hydrogens is 636 g/mol. The van der Waals surface area contributed by atoms with Crippen LogP contribution in [0.4, 0.5) is 22.7 Å². The number of alkyl halides is 3. The minimum absolute atomic E-state index is 0.0737. The number of aryl methyl sites for hydroxylation is 1. The van der Waals surface area contributed by atoms with Gasteiger partial charge in [0.15, 0.2) is 10.9 Å². The van der Waals surface area contributed by atoms with Crippen LogP contribution < -0.4 is 9.64 Å². The van der Waals surface area contributed by atoms with E-state index in [1.54, 1.807) is 19.1 Å². The number of nitrogens with zero attached hydrogens (tertiary/aromatic N) is 4. The van der Waals surface area contributed by atoms with Crippen LogP contribution in [0, 0.1) is 30.0 Å². The molecule has 5 aliphatic rings. The lowest BCUT2D eigenvalue weighted by Crippen LogP contribution is -2.58. The van der Waals surface area contributed by atoms with E-state index in [2.05, 4.69) is 31.7 Å². The molecule has 2 saturated heterocycles. The fourth-order valence-electron chi connectivity index (χ4n) is 8.87. The number of benzene rings is 2. The van der Waals surface area contributed by atoms with Crippen molar-refractivity contribution in [1.82, 2.24) is 9.88 Å². The first kappa shape index (κ1) is 30.9. The molecule has 4 atom stereocenters. The van der Waals surface area contributed by atoms with Crippen LogP contribution in [0.2, 0.25) is 0 Å². The van der Waals surface area contributed by atoms with Crippen molar-refractivity contribution in [3.05, 3.63) is 52.8 Å². The number of piperidine rings is 1. The number of carboxylic acids is 1. The quantitative estimate of drug-likeness (QED) is 0.250. The predicted molar refractivity (Wildman–Crippen MR) is 169 cm³/mol. The molecule has 250 valence electrons. The Morgan fingerprint density at radius 3 is 2.53 bits per heavy atom. The molecule has 2 bridgehead atoms. The summed E-state index contributed by atoms with van der Waals surface area (Å²) >= 11 is 1.37. The highest BCUT2D eigenvalue weighted by Crippen LogP contribution is 2.58. The second-order valence-electron chi connectivity index (χ2n) is 14.3. The van der Waals surface area contributed by atoms with Gasteiger partial charge < -0.3 is 24.5 Å². The van der Waals surface area contributed by atoms with E-state index in [4.69, 9.17) is 4.84 Å². The average Bonchev–Trinajstić information content (AvgIpc) is 3.51. The summed E-state index contributed by atoms with van der Waals surface area (Å²) in [5.74, 6) is -1.83. The summed E-state index contributed by atoms with van der Waals surface area (Å²) in [4.78, 5) is 26.7. The Hall–Kier alpha value is -3.45. The molecule has 3 aliphatic heterocycles. The molecule has 13 heteroatoms. The Bertz CT molecular complexity index is 1750.